The second-order valence-electron chi connectivity index (χ2n) is 11.0. The molecule has 0 saturated carbocycles. The predicted octanol–water partition coefficient (Wildman–Crippen LogP) is 7.86. The van der Waals surface area contributed by atoms with E-state index in [1.807, 2.05) is 0 Å². The number of benzene rings is 2. The quantitative estimate of drug-likeness (QED) is 0.439. The lowest BCUT2D eigenvalue weighted by Gasteiger charge is -2.28. The van der Waals surface area contributed by atoms with Gasteiger partial charge in [-0.1, -0.05) is 76.9 Å². The van der Waals surface area contributed by atoms with E-state index in [1.54, 1.807) is 11.3 Å². The van der Waals surface area contributed by atoms with E-state index in [1.165, 1.54) is 5.56 Å². The SMILES string of the molecule is Cc1csc(C(c2cc(C)cc(C(C)(C)C)c2O)c2cc(C)cc(C(C)(C)C)c2O)c1. The van der Waals surface area contributed by atoms with Crippen LogP contribution in [0, 0.1) is 20.8 Å². The highest BCUT2D eigenvalue weighted by Gasteiger charge is 2.31. The van der Waals surface area contributed by atoms with Gasteiger partial charge in [-0.15, -0.1) is 11.3 Å². The molecule has 0 atom stereocenters. The number of aromatic hydroxyl groups is 2. The smallest absolute Gasteiger partial charge is 0.123 e. The first-order chi connectivity index (χ1) is 14.2. The van der Waals surface area contributed by atoms with E-state index in [-0.39, 0.29) is 16.7 Å². The third kappa shape index (κ3) is 4.67. The minimum Gasteiger partial charge on any atom is -0.507 e. The molecule has 3 aromatic rings. The van der Waals surface area contributed by atoms with Crippen molar-refractivity contribution < 1.29 is 10.2 Å². The van der Waals surface area contributed by atoms with Crippen LogP contribution in [0.15, 0.2) is 35.7 Å². The zero-order valence-corrected chi connectivity index (χ0v) is 21.2. The number of hydrogen-bond donors (Lipinski definition) is 2. The fourth-order valence-corrected chi connectivity index (χ4v) is 5.31. The van der Waals surface area contributed by atoms with Gasteiger partial charge in [0.05, 0.1) is 5.92 Å². The van der Waals surface area contributed by atoms with Crippen molar-refractivity contribution in [3.63, 3.8) is 0 Å². The maximum Gasteiger partial charge on any atom is 0.123 e. The van der Waals surface area contributed by atoms with Gasteiger partial charge in [-0.25, -0.2) is 0 Å². The molecule has 0 bridgehead atoms. The summed E-state index contributed by atoms with van der Waals surface area (Å²) in [7, 11) is 0. The molecule has 1 aromatic heterocycles. The van der Waals surface area contributed by atoms with Crippen molar-refractivity contribution >= 4 is 11.3 Å². The molecular formula is C28H36O2S. The minimum atomic E-state index is -0.235. The Hall–Kier alpha value is -2.26. The molecule has 0 unspecified atom stereocenters. The Kier molecular flexibility index (Phi) is 6.05. The lowest BCUT2D eigenvalue weighted by molar-refractivity contribution is 0.432. The van der Waals surface area contributed by atoms with Crippen LogP contribution in [0.25, 0.3) is 0 Å². The highest BCUT2D eigenvalue weighted by atomic mass is 32.1. The van der Waals surface area contributed by atoms with Crippen LogP contribution >= 0.6 is 11.3 Å². The van der Waals surface area contributed by atoms with E-state index < -0.39 is 0 Å². The maximum absolute atomic E-state index is 11.5. The van der Waals surface area contributed by atoms with Crippen molar-refractivity contribution in [1.82, 2.24) is 0 Å². The van der Waals surface area contributed by atoms with Crippen LogP contribution in [0.4, 0.5) is 0 Å². The van der Waals surface area contributed by atoms with Crippen LogP contribution < -0.4 is 0 Å². The van der Waals surface area contributed by atoms with E-state index in [4.69, 9.17) is 0 Å². The fraction of sp³-hybridized carbons (Fsp3) is 0.429. The minimum absolute atomic E-state index is 0.189. The molecule has 1 heterocycles. The maximum atomic E-state index is 11.5. The lowest BCUT2D eigenvalue weighted by Crippen LogP contribution is -2.16. The van der Waals surface area contributed by atoms with Gasteiger partial charge in [-0.05, 0) is 59.7 Å². The Labute approximate surface area is 191 Å². The Morgan fingerprint density at radius 1 is 0.645 bits per heavy atom. The predicted molar refractivity (Wildman–Crippen MR) is 133 cm³/mol. The molecule has 0 spiro atoms. The molecule has 2 N–H and O–H groups in total. The molecule has 0 aliphatic carbocycles. The number of phenols is 2. The van der Waals surface area contributed by atoms with Gasteiger partial charge in [0.15, 0.2) is 0 Å². The summed E-state index contributed by atoms with van der Waals surface area (Å²) in [6, 6.07) is 10.5. The zero-order valence-electron chi connectivity index (χ0n) is 20.3. The lowest BCUT2D eigenvalue weighted by atomic mass is 9.77. The molecule has 2 aromatic carbocycles. The first-order valence-corrected chi connectivity index (χ1v) is 11.8. The third-order valence-electron chi connectivity index (χ3n) is 5.84. The van der Waals surface area contributed by atoms with Crippen LogP contribution in [0.1, 0.15) is 91.3 Å². The van der Waals surface area contributed by atoms with Crippen molar-refractivity contribution in [3.8, 4) is 11.5 Å². The summed E-state index contributed by atoms with van der Waals surface area (Å²) in [5.41, 5.74) is 6.61. The van der Waals surface area contributed by atoms with Crippen LogP contribution in [-0.2, 0) is 10.8 Å². The molecule has 0 saturated heterocycles. The van der Waals surface area contributed by atoms with E-state index in [9.17, 15) is 10.2 Å². The molecule has 2 nitrogen and oxygen atoms in total. The Morgan fingerprint density at radius 3 is 1.39 bits per heavy atom. The normalized spacial score (nSPS) is 12.6. The molecule has 3 heteroatoms. The first-order valence-electron chi connectivity index (χ1n) is 10.9. The Bertz CT molecular complexity index is 1040. The van der Waals surface area contributed by atoms with Crippen LogP contribution in [0.2, 0.25) is 0 Å². The van der Waals surface area contributed by atoms with Crippen molar-refractivity contribution in [2.45, 2.75) is 79.1 Å². The van der Waals surface area contributed by atoms with E-state index in [0.717, 1.165) is 38.3 Å². The van der Waals surface area contributed by atoms with Crippen molar-refractivity contribution in [1.29, 1.82) is 0 Å². The van der Waals surface area contributed by atoms with Crippen LogP contribution in [0.5, 0.6) is 11.5 Å². The number of hydrogen-bond acceptors (Lipinski definition) is 3. The number of aryl methyl sites for hydroxylation is 3. The second-order valence-corrected chi connectivity index (χ2v) is 11.9. The molecule has 0 aliphatic heterocycles. The largest absolute Gasteiger partial charge is 0.507 e. The van der Waals surface area contributed by atoms with Gasteiger partial charge in [0.2, 0.25) is 0 Å². The van der Waals surface area contributed by atoms with Gasteiger partial charge < -0.3 is 10.2 Å². The monoisotopic (exact) mass is 436 g/mol. The molecule has 0 radical (unpaired) electrons. The summed E-state index contributed by atoms with van der Waals surface area (Å²) >= 11 is 1.68. The van der Waals surface area contributed by atoms with E-state index >= 15 is 0 Å². The zero-order chi connectivity index (χ0) is 23.3. The van der Waals surface area contributed by atoms with Crippen molar-refractivity contribution in [3.05, 3.63) is 79.5 Å². The average molecular weight is 437 g/mol. The third-order valence-corrected chi connectivity index (χ3v) is 6.96. The molecule has 0 fully saturated rings. The number of phenolic OH excluding ortho intramolecular Hbond substituents is 2. The number of rotatable bonds is 3. The summed E-state index contributed by atoms with van der Waals surface area (Å²) < 4.78 is 0. The fourth-order valence-electron chi connectivity index (χ4n) is 4.28. The van der Waals surface area contributed by atoms with E-state index in [2.05, 4.69) is 98.0 Å². The summed E-state index contributed by atoms with van der Waals surface area (Å²) in [5.74, 6) is 0.417. The summed E-state index contributed by atoms with van der Waals surface area (Å²) in [4.78, 5) is 1.12. The molecule has 0 amide bonds. The van der Waals surface area contributed by atoms with Crippen molar-refractivity contribution in [2.24, 2.45) is 0 Å². The molecular weight excluding hydrogens is 400 g/mol. The van der Waals surface area contributed by atoms with Crippen molar-refractivity contribution in [2.75, 3.05) is 0 Å². The topological polar surface area (TPSA) is 40.5 Å². The standard InChI is InChI=1S/C28H36O2S/c1-16-10-19(25(29)21(12-16)27(4,5)6)24(23-14-18(3)15-31-23)20-11-17(2)13-22(26(20)30)28(7,8)9/h10-15,24,29-30H,1-9H3. The Morgan fingerprint density at radius 2 is 1.06 bits per heavy atom. The summed E-state index contributed by atoms with van der Waals surface area (Å²) in [5, 5.41) is 25.1. The van der Waals surface area contributed by atoms with Gasteiger partial charge >= 0.3 is 0 Å². The summed E-state index contributed by atoms with van der Waals surface area (Å²) in [6.07, 6.45) is 0. The molecule has 3 rings (SSSR count). The second kappa shape index (κ2) is 8.02. The Balaban J connectivity index is 2.40. The molecule has 0 aliphatic rings. The van der Waals surface area contributed by atoms with E-state index in [0.29, 0.717) is 11.5 Å². The van der Waals surface area contributed by atoms with Gasteiger partial charge in [-0.3, -0.25) is 0 Å². The molecule has 166 valence electrons. The highest BCUT2D eigenvalue weighted by molar-refractivity contribution is 7.10. The van der Waals surface area contributed by atoms with Crippen LogP contribution in [0.3, 0.4) is 0 Å². The van der Waals surface area contributed by atoms with Gasteiger partial charge in [0, 0.05) is 16.0 Å². The average Bonchev–Trinajstić information content (AvgIpc) is 3.04. The van der Waals surface area contributed by atoms with Crippen LogP contribution in [-0.4, -0.2) is 10.2 Å². The highest BCUT2D eigenvalue weighted by Crippen LogP contribution is 2.48. The van der Waals surface area contributed by atoms with Gasteiger partial charge in [0.25, 0.3) is 0 Å². The van der Waals surface area contributed by atoms with Gasteiger partial charge in [-0.2, -0.15) is 0 Å². The summed E-state index contributed by atoms with van der Waals surface area (Å²) in [6.45, 7) is 19.0. The first kappa shape index (κ1) is 23.4. The van der Waals surface area contributed by atoms with Gasteiger partial charge in [0.1, 0.15) is 11.5 Å². The molecule has 31 heavy (non-hydrogen) atoms. The number of thiophene rings is 1.